The summed E-state index contributed by atoms with van der Waals surface area (Å²) in [6.45, 7) is 3.86. The van der Waals surface area contributed by atoms with E-state index in [0.717, 1.165) is 0 Å². The predicted molar refractivity (Wildman–Crippen MR) is 77.0 cm³/mol. The van der Waals surface area contributed by atoms with Crippen LogP contribution in [0.15, 0.2) is 12.3 Å². The zero-order valence-electron chi connectivity index (χ0n) is 12.9. The monoisotopic (exact) mass is 306 g/mol. The molecule has 118 valence electrons. The molecule has 8 nitrogen and oxygen atoms in total. The van der Waals surface area contributed by atoms with Gasteiger partial charge in [0.15, 0.2) is 11.8 Å². The molecule has 0 aliphatic rings. The van der Waals surface area contributed by atoms with Crippen LogP contribution < -0.4 is 0 Å². The predicted octanol–water partition coefficient (Wildman–Crippen LogP) is 1.11. The van der Waals surface area contributed by atoms with Crippen LogP contribution in [0.4, 0.5) is 0 Å². The Kier molecular flexibility index (Phi) is 4.69. The molecule has 0 aliphatic carbocycles. The lowest BCUT2D eigenvalue weighted by Crippen LogP contribution is -2.30. The van der Waals surface area contributed by atoms with Crippen molar-refractivity contribution < 1.29 is 19.1 Å². The summed E-state index contributed by atoms with van der Waals surface area (Å²) in [6, 6.07) is 1.53. The fourth-order valence-corrected chi connectivity index (χ4v) is 1.99. The quantitative estimate of drug-likeness (QED) is 0.763. The maximum atomic E-state index is 12.2. The highest BCUT2D eigenvalue weighted by atomic mass is 16.6. The van der Waals surface area contributed by atoms with Gasteiger partial charge in [-0.3, -0.25) is 0 Å². The van der Waals surface area contributed by atoms with Gasteiger partial charge in [0.05, 0.1) is 12.7 Å². The Morgan fingerprint density at radius 3 is 2.73 bits per heavy atom. The molecule has 8 heteroatoms. The van der Waals surface area contributed by atoms with E-state index in [1.165, 1.54) is 24.1 Å². The molecule has 1 unspecified atom stereocenters. The van der Waals surface area contributed by atoms with E-state index in [2.05, 4.69) is 20.0 Å². The number of ether oxygens (including phenoxy) is 2. The number of hydrogen-bond donors (Lipinski definition) is 0. The minimum Gasteiger partial charge on any atom is -0.466 e. The third kappa shape index (κ3) is 3.38. The summed E-state index contributed by atoms with van der Waals surface area (Å²) in [4.78, 5) is 28.0. The number of esters is 2. The van der Waals surface area contributed by atoms with E-state index in [4.69, 9.17) is 4.74 Å². The van der Waals surface area contributed by atoms with E-state index in [9.17, 15) is 9.59 Å². The number of fused-ring (bicyclic) bond motifs is 1. The SMILES string of the molecule is COC(=O)C(CC(C)C)OC(=O)c1cnc2c(c1)nnn2C. The molecule has 2 aromatic heterocycles. The highest BCUT2D eigenvalue weighted by Gasteiger charge is 2.26. The van der Waals surface area contributed by atoms with Gasteiger partial charge in [-0.1, -0.05) is 19.1 Å². The van der Waals surface area contributed by atoms with Crippen LogP contribution in [0.25, 0.3) is 11.2 Å². The molecule has 0 fully saturated rings. The lowest BCUT2D eigenvalue weighted by atomic mass is 10.1. The van der Waals surface area contributed by atoms with Crippen molar-refractivity contribution in [3.8, 4) is 0 Å². The summed E-state index contributed by atoms with van der Waals surface area (Å²) >= 11 is 0. The third-order valence-corrected chi connectivity index (χ3v) is 3.07. The molecule has 2 rings (SSSR count). The lowest BCUT2D eigenvalue weighted by molar-refractivity contribution is -0.151. The fourth-order valence-electron chi connectivity index (χ4n) is 1.99. The molecule has 0 saturated carbocycles. The van der Waals surface area contributed by atoms with E-state index in [-0.39, 0.29) is 11.5 Å². The van der Waals surface area contributed by atoms with Crippen molar-refractivity contribution in [2.75, 3.05) is 7.11 Å². The molecule has 0 bridgehead atoms. The molecular formula is C14H18N4O4. The van der Waals surface area contributed by atoms with E-state index in [1.54, 1.807) is 7.05 Å². The van der Waals surface area contributed by atoms with Crippen molar-refractivity contribution >= 4 is 23.1 Å². The molecule has 0 aromatic carbocycles. The normalized spacial score (nSPS) is 12.4. The molecule has 0 amide bonds. The lowest BCUT2D eigenvalue weighted by Gasteiger charge is -2.17. The van der Waals surface area contributed by atoms with Gasteiger partial charge in [0.1, 0.15) is 5.52 Å². The number of nitrogens with zero attached hydrogens (tertiary/aromatic N) is 4. The van der Waals surface area contributed by atoms with Crippen molar-refractivity contribution in [3.63, 3.8) is 0 Å². The highest BCUT2D eigenvalue weighted by molar-refractivity contribution is 5.93. The van der Waals surface area contributed by atoms with Crippen LogP contribution in [0.3, 0.4) is 0 Å². The van der Waals surface area contributed by atoms with Gasteiger partial charge < -0.3 is 9.47 Å². The number of hydrogen-bond acceptors (Lipinski definition) is 7. The van der Waals surface area contributed by atoms with Crippen molar-refractivity contribution in [3.05, 3.63) is 17.8 Å². The Hall–Kier alpha value is -2.51. The van der Waals surface area contributed by atoms with Crippen LogP contribution in [0.1, 0.15) is 30.6 Å². The largest absolute Gasteiger partial charge is 0.466 e. The topological polar surface area (TPSA) is 96.2 Å². The van der Waals surface area contributed by atoms with Crippen LogP contribution in [0.2, 0.25) is 0 Å². The Morgan fingerprint density at radius 1 is 1.36 bits per heavy atom. The number of methoxy groups -OCH3 is 1. The molecule has 0 spiro atoms. The highest BCUT2D eigenvalue weighted by Crippen LogP contribution is 2.15. The first-order valence-electron chi connectivity index (χ1n) is 6.86. The number of carbonyl (C=O) groups is 2. The second kappa shape index (κ2) is 6.50. The van der Waals surface area contributed by atoms with Gasteiger partial charge in [-0.15, -0.1) is 5.10 Å². The van der Waals surface area contributed by atoms with Gasteiger partial charge in [-0.25, -0.2) is 19.3 Å². The van der Waals surface area contributed by atoms with Crippen LogP contribution in [0, 0.1) is 5.92 Å². The molecule has 0 saturated heterocycles. The summed E-state index contributed by atoms with van der Waals surface area (Å²) in [5, 5.41) is 7.71. The summed E-state index contributed by atoms with van der Waals surface area (Å²) < 4.78 is 11.4. The number of rotatable bonds is 5. The first-order valence-corrected chi connectivity index (χ1v) is 6.86. The Morgan fingerprint density at radius 2 is 2.09 bits per heavy atom. The van der Waals surface area contributed by atoms with Gasteiger partial charge in [-0.2, -0.15) is 0 Å². The smallest absolute Gasteiger partial charge is 0.347 e. The van der Waals surface area contributed by atoms with E-state index in [1.807, 2.05) is 13.8 Å². The average molecular weight is 306 g/mol. The summed E-state index contributed by atoms with van der Waals surface area (Å²) in [5.74, 6) is -1.04. The van der Waals surface area contributed by atoms with E-state index >= 15 is 0 Å². The molecule has 2 heterocycles. The van der Waals surface area contributed by atoms with Crippen molar-refractivity contribution in [1.82, 2.24) is 20.0 Å². The number of carbonyl (C=O) groups excluding carboxylic acids is 2. The standard InChI is InChI=1S/C14H18N4O4/c1-8(2)5-11(14(20)21-4)22-13(19)9-6-10-12(15-7-9)18(3)17-16-10/h6-8,11H,5H2,1-4H3. The first kappa shape index (κ1) is 15.9. The van der Waals surface area contributed by atoms with Crippen LogP contribution in [-0.2, 0) is 21.3 Å². The number of pyridine rings is 1. The summed E-state index contributed by atoms with van der Waals surface area (Å²) in [5.41, 5.74) is 1.25. The second-order valence-electron chi connectivity index (χ2n) is 5.33. The van der Waals surface area contributed by atoms with E-state index < -0.39 is 18.0 Å². The molecule has 0 radical (unpaired) electrons. The molecule has 1 atom stereocenters. The fraction of sp³-hybridized carbons (Fsp3) is 0.500. The Labute approximate surface area is 127 Å². The molecule has 22 heavy (non-hydrogen) atoms. The summed E-state index contributed by atoms with van der Waals surface area (Å²) in [7, 11) is 2.97. The third-order valence-electron chi connectivity index (χ3n) is 3.07. The molecular weight excluding hydrogens is 288 g/mol. The van der Waals surface area contributed by atoms with Gasteiger partial charge in [0, 0.05) is 13.2 Å². The minimum atomic E-state index is -0.935. The maximum Gasteiger partial charge on any atom is 0.347 e. The second-order valence-corrected chi connectivity index (χ2v) is 5.33. The van der Waals surface area contributed by atoms with Crippen molar-refractivity contribution in [2.24, 2.45) is 13.0 Å². The first-order chi connectivity index (χ1) is 10.4. The Bertz CT molecular complexity index is 695. The van der Waals surface area contributed by atoms with Gasteiger partial charge in [0.25, 0.3) is 0 Å². The Balaban J connectivity index is 2.18. The maximum absolute atomic E-state index is 12.2. The van der Waals surface area contributed by atoms with Crippen LogP contribution in [-0.4, -0.2) is 45.1 Å². The van der Waals surface area contributed by atoms with Gasteiger partial charge in [-0.05, 0) is 18.4 Å². The number of aryl methyl sites for hydroxylation is 1. The van der Waals surface area contributed by atoms with Crippen LogP contribution in [0.5, 0.6) is 0 Å². The van der Waals surface area contributed by atoms with Crippen LogP contribution >= 0.6 is 0 Å². The number of aromatic nitrogens is 4. The molecule has 2 aromatic rings. The van der Waals surface area contributed by atoms with E-state index in [0.29, 0.717) is 17.6 Å². The van der Waals surface area contributed by atoms with Crippen molar-refractivity contribution in [2.45, 2.75) is 26.4 Å². The molecule has 0 N–H and O–H groups in total. The minimum absolute atomic E-state index is 0.178. The van der Waals surface area contributed by atoms with Gasteiger partial charge >= 0.3 is 11.9 Å². The van der Waals surface area contributed by atoms with Crippen molar-refractivity contribution in [1.29, 1.82) is 0 Å². The average Bonchev–Trinajstić information content (AvgIpc) is 2.86. The molecule has 0 aliphatic heterocycles. The zero-order chi connectivity index (χ0) is 16.3. The zero-order valence-corrected chi connectivity index (χ0v) is 12.9. The summed E-state index contributed by atoms with van der Waals surface area (Å²) in [6.07, 6.45) is 0.826. The van der Waals surface area contributed by atoms with Gasteiger partial charge in [0.2, 0.25) is 0 Å².